The van der Waals surface area contributed by atoms with Crippen molar-refractivity contribution in [3.8, 4) is 0 Å². The molecular formula is C13H13ClO2. The molecule has 16 heavy (non-hydrogen) atoms. The van der Waals surface area contributed by atoms with Crippen LogP contribution in [-0.2, 0) is 6.42 Å². The summed E-state index contributed by atoms with van der Waals surface area (Å²) in [6.45, 7) is 1.93. The second-order valence-corrected chi connectivity index (χ2v) is 4.27. The molecule has 0 aliphatic heterocycles. The van der Waals surface area contributed by atoms with Crippen molar-refractivity contribution < 1.29 is 9.52 Å². The fourth-order valence-electron chi connectivity index (χ4n) is 1.63. The van der Waals surface area contributed by atoms with E-state index in [9.17, 15) is 5.11 Å². The highest BCUT2D eigenvalue weighted by Crippen LogP contribution is 2.23. The first-order valence-corrected chi connectivity index (χ1v) is 5.50. The molecule has 0 bridgehead atoms. The summed E-state index contributed by atoms with van der Waals surface area (Å²) in [4.78, 5) is 0. The molecular weight excluding hydrogens is 224 g/mol. The minimum atomic E-state index is -0.520. The van der Waals surface area contributed by atoms with Gasteiger partial charge in [-0.25, -0.2) is 0 Å². The standard InChI is InChI=1S/C13H13ClO2/c1-9-6-11(2-3-12(9)14)13(15)7-10-4-5-16-8-10/h2-6,8,13,15H,7H2,1H3. The van der Waals surface area contributed by atoms with Gasteiger partial charge in [0.05, 0.1) is 18.6 Å². The van der Waals surface area contributed by atoms with E-state index in [1.807, 2.05) is 31.2 Å². The summed E-state index contributed by atoms with van der Waals surface area (Å²) in [5, 5.41) is 10.7. The van der Waals surface area contributed by atoms with Crippen LogP contribution in [0.15, 0.2) is 41.2 Å². The number of halogens is 1. The molecule has 2 aromatic rings. The quantitative estimate of drug-likeness (QED) is 0.885. The molecule has 0 aliphatic rings. The van der Waals surface area contributed by atoms with Crippen LogP contribution in [0.2, 0.25) is 5.02 Å². The molecule has 1 heterocycles. The van der Waals surface area contributed by atoms with Crippen molar-refractivity contribution in [2.75, 3.05) is 0 Å². The fraction of sp³-hybridized carbons (Fsp3) is 0.231. The Kier molecular flexibility index (Phi) is 3.32. The zero-order chi connectivity index (χ0) is 11.5. The number of aryl methyl sites for hydroxylation is 1. The van der Waals surface area contributed by atoms with Crippen molar-refractivity contribution in [3.05, 3.63) is 58.5 Å². The lowest BCUT2D eigenvalue weighted by Gasteiger charge is -2.11. The molecule has 0 spiro atoms. The maximum Gasteiger partial charge on any atom is 0.0935 e. The average Bonchev–Trinajstić information content (AvgIpc) is 2.74. The van der Waals surface area contributed by atoms with Gasteiger partial charge >= 0.3 is 0 Å². The Morgan fingerprint density at radius 1 is 1.38 bits per heavy atom. The van der Waals surface area contributed by atoms with Crippen LogP contribution < -0.4 is 0 Å². The first kappa shape index (κ1) is 11.2. The van der Waals surface area contributed by atoms with Crippen molar-refractivity contribution in [1.29, 1.82) is 0 Å². The lowest BCUT2D eigenvalue weighted by Crippen LogP contribution is -2.01. The third-order valence-electron chi connectivity index (χ3n) is 2.58. The van der Waals surface area contributed by atoms with E-state index in [0.29, 0.717) is 6.42 Å². The number of aliphatic hydroxyl groups excluding tert-OH is 1. The highest BCUT2D eigenvalue weighted by Gasteiger charge is 2.10. The highest BCUT2D eigenvalue weighted by atomic mass is 35.5. The van der Waals surface area contributed by atoms with Crippen molar-refractivity contribution in [2.24, 2.45) is 0 Å². The van der Waals surface area contributed by atoms with Crippen molar-refractivity contribution in [1.82, 2.24) is 0 Å². The minimum Gasteiger partial charge on any atom is -0.472 e. The molecule has 0 fully saturated rings. The van der Waals surface area contributed by atoms with Crippen LogP contribution >= 0.6 is 11.6 Å². The summed E-state index contributed by atoms with van der Waals surface area (Å²) in [6.07, 6.45) is 3.28. The van der Waals surface area contributed by atoms with Gasteiger partial charge in [-0.2, -0.15) is 0 Å². The summed E-state index contributed by atoms with van der Waals surface area (Å²) in [7, 11) is 0. The fourth-order valence-corrected chi connectivity index (χ4v) is 1.74. The van der Waals surface area contributed by atoms with Gasteiger partial charge in [-0.1, -0.05) is 23.7 Å². The van der Waals surface area contributed by atoms with E-state index in [-0.39, 0.29) is 0 Å². The van der Waals surface area contributed by atoms with E-state index in [0.717, 1.165) is 21.7 Å². The maximum absolute atomic E-state index is 10.0. The first-order valence-electron chi connectivity index (χ1n) is 5.12. The molecule has 2 nitrogen and oxygen atoms in total. The predicted molar refractivity (Wildman–Crippen MR) is 63.6 cm³/mol. The molecule has 0 saturated carbocycles. The Bertz CT molecular complexity index is 463. The molecule has 84 valence electrons. The van der Waals surface area contributed by atoms with Crippen LogP contribution in [0.1, 0.15) is 22.8 Å². The SMILES string of the molecule is Cc1cc(C(O)Cc2ccoc2)ccc1Cl. The predicted octanol–water partition coefficient (Wildman–Crippen LogP) is 3.52. The zero-order valence-electron chi connectivity index (χ0n) is 8.98. The van der Waals surface area contributed by atoms with Gasteiger partial charge in [-0.05, 0) is 35.7 Å². The second-order valence-electron chi connectivity index (χ2n) is 3.86. The van der Waals surface area contributed by atoms with Crippen LogP contribution in [0.5, 0.6) is 0 Å². The molecule has 3 heteroatoms. The molecule has 0 saturated heterocycles. The van der Waals surface area contributed by atoms with Gasteiger partial charge in [0.1, 0.15) is 0 Å². The van der Waals surface area contributed by atoms with Crippen LogP contribution in [0.25, 0.3) is 0 Å². The molecule has 1 N–H and O–H groups in total. The van der Waals surface area contributed by atoms with Crippen LogP contribution in [-0.4, -0.2) is 5.11 Å². The smallest absolute Gasteiger partial charge is 0.0935 e. The van der Waals surface area contributed by atoms with Gasteiger partial charge in [-0.15, -0.1) is 0 Å². The molecule has 1 unspecified atom stereocenters. The van der Waals surface area contributed by atoms with Gasteiger partial charge in [0.25, 0.3) is 0 Å². The Hall–Kier alpha value is -1.25. The molecule has 1 atom stereocenters. The van der Waals surface area contributed by atoms with Gasteiger partial charge in [0.15, 0.2) is 0 Å². The largest absolute Gasteiger partial charge is 0.472 e. The van der Waals surface area contributed by atoms with Crippen LogP contribution in [0, 0.1) is 6.92 Å². The summed E-state index contributed by atoms with van der Waals surface area (Å²) in [5.74, 6) is 0. The molecule has 0 radical (unpaired) electrons. The van der Waals surface area contributed by atoms with Gasteiger partial charge < -0.3 is 9.52 Å². The number of furan rings is 1. The summed E-state index contributed by atoms with van der Waals surface area (Å²) >= 11 is 5.93. The molecule has 0 aliphatic carbocycles. The van der Waals surface area contributed by atoms with Crippen molar-refractivity contribution >= 4 is 11.6 Å². The highest BCUT2D eigenvalue weighted by molar-refractivity contribution is 6.31. The van der Waals surface area contributed by atoms with E-state index in [4.69, 9.17) is 16.0 Å². The van der Waals surface area contributed by atoms with Gasteiger partial charge in [-0.3, -0.25) is 0 Å². The topological polar surface area (TPSA) is 33.4 Å². The Morgan fingerprint density at radius 2 is 2.19 bits per heavy atom. The number of hydrogen-bond donors (Lipinski definition) is 1. The molecule has 2 rings (SSSR count). The van der Waals surface area contributed by atoms with E-state index >= 15 is 0 Å². The minimum absolute atomic E-state index is 0.520. The lowest BCUT2D eigenvalue weighted by molar-refractivity contribution is 0.178. The Labute approximate surface area is 99.5 Å². The second kappa shape index (κ2) is 4.73. The Morgan fingerprint density at radius 3 is 2.81 bits per heavy atom. The summed E-state index contributed by atoms with van der Waals surface area (Å²) in [6, 6.07) is 7.42. The normalized spacial score (nSPS) is 12.7. The molecule has 0 amide bonds. The van der Waals surface area contributed by atoms with Crippen LogP contribution in [0.3, 0.4) is 0 Å². The number of hydrogen-bond acceptors (Lipinski definition) is 2. The third-order valence-corrected chi connectivity index (χ3v) is 3.00. The van der Waals surface area contributed by atoms with E-state index in [1.54, 1.807) is 12.5 Å². The van der Waals surface area contributed by atoms with E-state index in [1.165, 1.54) is 0 Å². The van der Waals surface area contributed by atoms with Crippen molar-refractivity contribution in [3.63, 3.8) is 0 Å². The summed E-state index contributed by atoms with van der Waals surface area (Å²) in [5.41, 5.74) is 2.84. The van der Waals surface area contributed by atoms with Gasteiger partial charge in [0.2, 0.25) is 0 Å². The molecule has 1 aromatic carbocycles. The maximum atomic E-state index is 10.0. The average molecular weight is 237 g/mol. The Balaban J connectivity index is 2.14. The monoisotopic (exact) mass is 236 g/mol. The number of rotatable bonds is 3. The first-order chi connectivity index (χ1) is 7.66. The van der Waals surface area contributed by atoms with Crippen molar-refractivity contribution in [2.45, 2.75) is 19.4 Å². The lowest BCUT2D eigenvalue weighted by atomic mass is 10.0. The number of aliphatic hydroxyl groups is 1. The van der Waals surface area contributed by atoms with Gasteiger partial charge in [0, 0.05) is 11.4 Å². The number of benzene rings is 1. The zero-order valence-corrected chi connectivity index (χ0v) is 9.74. The van der Waals surface area contributed by atoms with E-state index in [2.05, 4.69) is 0 Å². The third kappa shape index (κ3) is 2.46. The molecule has 1 aromatic heterocycles. The van der Waals surface area contributed by atoms with E-state index < -0.39 is 6.10 Å². The summed E-state index contributed by atoms with van der Waals surface area (Å²) < 4.78 is 4.96. The van der Waals surface area contributed by atoms with Crippen LogP contribution in [0.4, 0.5) is 0 Å².